The molecule has 4 rings (SSSR count). The summed E-state index contributed by atoms with van der Waals surface area (Å²) >= 11 is 6.61. The molecule has 1 fully saturated rings. The largest absolute Gasteiger partial charge is 0.310 e. The van der Waals surface area contributed by atoms with Crippen molar-refractivity contribution in [1.29, 1.82) is 5.26 Å². The van der Waals surface area contributed by atoms with Gasteiger partial charge in [-0.2, -0.15) is 5.26 Å². The Morgan fingerprint density at radius 2 is 2.11 bits per heavy atom. The van der Waals surface area contributed by atoms with Crippen molar-refractivity contribution in [2.75, 3.05) is 5.32 Å². The number of hydrogen-bond donors (Lipinski definition) is 1. The summed E-state index contributed by atoms with van der Waals surface area (Å²) in [5.41, 5.74) is 4.11. The smallest absolute Gasteiger partial charge is 0.230 e. The van der Waals surface area contributed by atoms with E-state index < -0.39 is 0 Å². The number of amides is 1. The van der Waals surface area contributed by atoms with E-state index in [-0.39, 0.29) is 17.7 Å². The van der Waals surface area contributed by atoms with Gasteiger partial charge in [0.25, 0.3) is 0 Å². The van der Waals surface area contributed by atoms with Crippen LogP contribution in [0.15, 0.2) is 36.8 Å². The zero-order valence-electron chi connectivity index (χ0n) is 15.0. The first-order chi connectivity index (χ1) is 13.0. The van der Waals surface area contributed by atoms with Crippen LogP contribution in [-0.2, 0) is 4.79 Å². The van der Waals surface area contributed by atoms with Crippen LogP contribution in [0.4, 0.5) is 5.82 Å². The third kappa shape index (κ3) is 3.13. The number of rotatable bonds is 3. The van der Waals surface area contributed by atoms with Gasteiger partial charge >= 0.3 is 0 Å². The normalized spacial score (nSPS) is 18.1. The van der Waals surface area contributed by atoms with Crippen molar-refractivity contribution in [3.8, 4) is 17.2 Å². The molecule has 27 heavy (non-hydrogen) atoms. The number of nitriles is 1. The monoisotopic (exact) mass is 376 g/mol. The van der Waals surface area contributed by atoms with Crippen molar-refractivity contribution in [3.63, 3.8) is 0 Å². The van der Waals surface area contributed by atoms with E-state index in [1.54, 1.807) is 12.4 Å². The molecule has 2 heterocycles. The summed E-state index contributed by atoms with van der Waals surface area (Å²) in [6.45, 7) is 4.02. The summed E-state index contributed by atoms with van der Waals surface area (Å²) in [5.74, 6) is -0.106. The zero-order chi connectivity index (χ0) is 19.1. The first-order valence-corrected chi connectivity index (χ1v) is 9.07. The van der Waals surface area contributed by atoms with Gasteiger partial charge in [0.05, 0.1) is 22.9 Å². The standard InChI is InChI=1S/C21H17ClN4O/c1-11-3-4-24-9-17(11)15-5-13-7-19(25-10-18(13)20(22)12(15)2)26-21(27)16-6-14(16)8-23/h3-5,7,9-10,14,16H,6H2,1-2H3,(H,25,26,27). The molecular formula is C21H17ClN4O. The fourth-order valence-electron chi connectivity index (χ4n) is 3.30. The molecule has 1 N–H and O–H groups in total. The second kappa shape index (κ2) is 6.64. The number of pyridine rings is 2. The Hall–Kier alpha value is -2.97. The van der Waals surface area contributed by atoms with Crippen molar-refractivity contribution in [2.45, 2.75) is 20.3 Å². The number of benzene rings is 1. The number of nitrogens with zero attached hydrogens (tertiary/aromatic N) is 3. The summed E-state index contributed by atoms with van der Waals surface area (Å²) in [5, 5.41) is 14.1. The Labute approximate surface area is 162 Å². The fraction of sp³-hybridized carbons (Fsp3) is 0.238. The topological polar surface area (TPSA) is 78.7 Å². The van der Waals surface area contributed by atoms with Crippen molar-refractivity contribution in [2.24, 2.45) is 11.8 Å². The number of carbonyl (C=O) groups is 1. The number of aryl methyl sites for hydroxylation is 1. The molecule has 0 radical (unpaired) electrons. The third-order valence-corrected chi connectivity index (χ3v) is 5.57. The van der Waals surface area contributed by atoms with Crippen LogP contribution in [0.1, 0.15) is 17.5 Å². The molecule has 1 aliphatic carbocycles. The van der Waals surface area contributed by atoms with E-state index in [1.807, 2.05) is 38.2 Å². The number of aromatic nitrogens is 2. The summed E-state index contributed by atoms with van der Waals surface area (Å²) < 4.78 is 0. The zero-order valence-corrected chi connectivity index (χ0v) is 15.7. The lowest BCUT2D eigenvalue weighted by Crippen LogP contribution is -2.15. The van der Waals surface area contributed by atoms with Gasteiger partial charge in [-0.05, 0) is 60.5 Å². The lowest BCUT2D eigenvalue weighted by atomic mass is 9.95. The van der Waals surface area contributed by atoms with E-state index in [0.29, 0.717) is 17.3 Å². The van der Waals surface area contributed by atoms with Crippen LogP contribution in [0.3, 0.4) is 0 Å². The first-order valence-electron chi connectivity index (χ1n) is 8.70. The predicted octanol–water partition coefficient (Wildman–Crippen LogP) is 4.67. The van der Waals surface area contributed by atoms with E-state index in [4.69, 9.17) is 16.9 Å². The molecule has 0 spiro atoms. The highest BCUT2D eigenvalue weighted by atomic mass is 35.5. The molecule has 2 unspecified atom stereocenters. The van der Waals surface area contributed by atoms with Gasteiger partial charge in [0.15, 0.2) is 0 Å². The van der Waals surface area contributed by atoms with Crippen molar-refractivity contribution in [3.05, 3.63) is 52.9 Å². The van der Waals surface area contributed by atoms with Crippen LogP contribution in [-0.4, -0.2) is 15.9 Å². The second-order valence-electron chi connectivity index (χ2n) is 6.91. The first kappa shape index (κ1) is 17.4. The maximum atomic E-state index is 12.2. The molecule has 0 aliphatic heterocycles. The van der Waals surface area contributed by atoms with Gasteiger partial charge in [0.2, 0.25) is 5.91 Å². The van der Waals surface area contributed by atoms with E-state index in [1.165, 1.54) is 0 Å². The Morgan fingerprint density at radius 1 is 1.30 bits per heavy atom. The summed E-state index contributed by atoms with van der Waals surface area (Å²) in [4.78, 5) is 20.7. The van der Waals surface area contributed by atoms with Gasteiger partial charge in [0.1, 0.15) is 5.82 Å². The predicted molar refractivity (Wildman–Crippen MR) is 105 cm³/mol. The van der Waals surface area contributed by atoms with Gasteiger partial charge in [-0.3, -0.25) is 9.78 Å². The van der Waals surface area contributed by atoms with Gasteiger partial charge < -0.3 is 5.32 Å². The molecule has 2 atom stereocenters. The fourth-order valence-corrected chi connectivity index (χ4v) is 3.56. The number of carbonyl (C=O) groups excluding carboxylic acids is 1. The van der Waals surface area contributed by atoms with Crippen LogP contribution >= 0.6 is 11.6 Å². The van der Waals surface area contributed by atoms with Crippen LogP contribution in [0.5, 0.6) is 0 Å². The average molecular weight is 377 g/mol. The van der Waals surface area contributed by atoms with E-state index in [9.17, 15) is 4.79 Å². The number of halogens is 1. The molecule has 2 aromatic heterocycles. The molecule has 1 aliphatic rings. The maximum Gasteiger partial charge on any atom is 0.230 e. The number of hydrogen-bond acceptors (Lipinski definition) is 4. The quantitative estimate of drug-likeness (QED) is 0.720. The van der Waals surface area contributed by atoms with Crippen LogP contribution in [0.25, 0.3) is 21.9 Å². The Bertz CT molecular complexity index is 1120. The Balaban J connectivity index is 1.75. The highest BCUT2D eigenvalue weighted by Crippen LogP contribution is 2.39. The second-order valence-corrected chi connectivity index (χ2v) is 7.29. The van der Waals surface area contributed by atoms with Crippen molar-refractivity contribution in [1.82, 2.24) is 9.97 Å². The van der Waals surface area contributed by atoms with Crippen molar-refractivity contribution < 1.29 is 4.79 Å². The minimum absolute atomic E-state index is 0.157. The molecule has 1 amide bonds. The van der Waals surface area contributed by atoms with Gasteiger partial charge in [-0.25, -0.2) is 4.98 Å². The summed E-state index contributed by atoms with van der Waals surface area (Å²) in [7, 11) is 0. The Morgan fingerprint density at radius 3 is 2.81 bits per heavy atom. The molecule has 6 heteroatoms. The van der Waals surface area contributed by atoms with Gasteiger partial charge in [-0.1, -0.05) is 11.6 Å². The summed E-state index contributed by atoms with van der Waals surface area (Å²) in [6.07, 6.45) is 5.89. The minimum Gasteiger partial charge on any atom is -0.310 e. The summed E-state index contributed by atoms with van der Waals surface area (Å²) in [6, 6.07) is 7.96. The average Bonchev–Trinajstić information content (AvgIpc) is 3.45. The molecule has 0 saturated heterocycles. The van der Waals surface area contributed by atoms with Gasteiger partial charge in [-0.15, -0.1) is 0 Å². The minimum atomic E-state index is -0.234. The maximum absolute atomic E-state index is 12.2. The Kier molecular flexibility index (Phi) is 4.29. The van der Waals surface area contributed by atoms with Crippen molar-refractivity contribution >= 4 is 34.1 Å². The molecular weight excluding hydrogens is 360 g/mol. The molecule has 1 saturated carbocycles. The van der Waals surface area contributed by atoms with Gasteiger partial charge in [0, 0.05) is 29.5 Å². The molecule has 1 aromatic carbocycles. The SMILES string of the molecule is Cc1ccncc1-c1cc2cc(NC(=O)C3CC3C#N)ncc2c(Cl)c1C. The number of nitrogens with one attached hydrogen (secondary N) is 1. The highest BCUT2D eigenvalue weighted by molar-refractivity contribution is 6.36. The molecule has 134 valence electrons. The van der Waals surface area contributed by atoms with Crippen LogP contribution < -0.4 is 5.32 Å². The molecule has 5 nitrogen and oxygen atoms in total. The highest BCUT2D eigenvalue weighted by Gasteiger charge is 2.43. The van der Waals surface area contributed by atoms with Crippen LogP contribution in [0, 0.1) is 37.0 Å². The van der Waals surface area contributed by atoms with E-state index >= 15 is 0 Å². The van der Waals surface area contributed by atoms with E-state index in [2.05, 4.69) is 21.4 Å². The molecule has 3 aromatic rings. The number of fused-ring (bicyclic) bond motifs is 1. The van der Waals surface area contributed by atoms with Crippen LogP contribution in [0.2, 0.25) is 5.02 Å². The lowest BCUT2D eigenvalue weighted by molar-refractivity contribution is -0.117. The van der Waals surface area contributed by atoms with E-state index in [0.717, 1.165) is 33.0 Å². The lowest BCUT2D eigenvalue weighted by Gasteiger charge is -2.14. The number of anilines is 1. The third-order valence-electron chi connectivity index (χ3n) is 5.08. The molecule has 0 bridgehead atoms.